The Kier molecular flexibility index (Phi) is 5.80. The Bertz CT molecular complexity index is 1060. The van der Waals surface area contributed by atoms with Crippen molar-refractivity contribution in [2.75, 3.05) is 11.4 Å². The molecule has 1 aliphatic carbocycles. The van der Waals surface area contributed by atoms with Crippen molar-refractivity contribution in [2.45, 2.75) is 66.0 Å². The Morgan fingerprint density at radius 1 is 1.21 bits per heavy atom. The molecule has 4 amide bonds. The Morgan fingerprint density at radius 2 is 1.91 bits per heavy atom. The highest BCUT2D eigenvalue weighted by atomic mass is 16.5. The zero-order chi connectivity index (χ0) is 24.0. The standard InChI is InChI=1S/C25H32N4O4/c1-16-11-24(4,5)15-25(12-16)22(31)29(23(32)26-25)14-21(30)28(19-9-7-6-8-10-19)13-20-17(2)27-33-18(20)3/h6-10,16H,11-15H2,1-5H3,(H,26,32)/t16-,25-/m0/s1. The Morgan fingerprint density at radius 3 is 2.52 bits per heavy atom. The van der Waals surface area contributed by atoms with Crippen LogP contribution >= 0.6 is 0 Å². The van der Waals surface area contributed by atoms with Crippen molar-refractivity contribution >= 4 is 23.5 Å². The first-order valence-electron chi connectivity index (χ1n) is 11.4. The van der Waals surface area contributed by atoms with Crippen molar-refractivity contribution in [1.82, 2.24) is 15.4 Å². The fourth-order valence-corrected chi connectivity index (χ4v) is 5.69. The van der Waals surface area contributed by atoms with Gasteiger partial charge in [-0.25, -0.2) is 4.79 Å². The van der Waals surface area contributed by atoms with Crippen molar-refractivity contribution in [3.63, 3.8) is 0 Å². The summed E-state index contributed by atoms with van der Waals surface area (Å²) in [4.78, 5) is 42.5. The van der Waals surface area contributed by atoms with Crippen molar-refractivity contribution < 1.29 is 18.9 Å². The lowest BCUT2D eigenvalue weighted by Gasteiger charge is -2.43. The van der Waals surface area contributed by atoms with Crippen LogP contribution in [-0.2, 0) is 16.1 Å². The molecule has 2 heterocycles. The number of hydrogen-bond donors (Lipinski definition) is 1. The maximum atomic E-state index is 13.5. The first-order chi connectivity index (χ1) is 15.5. The van der Waals surface area contributed by atoms with E-state index >= 15 is 0 Å². The molecule has 2 fully saturated rings. The van der Waals surface area contributed by atoms with Gasteiger partial charge in [0, 0.05) is 11.3 Å². The normalized spacial score (nSPS) is 24.3. The third-order valence-corrected chi connectivity index (χ3v) is 6.78. The Hall–Kier alpha value is -3.16. The molecular formula is C25H32N4O4. The smallest absolute Gasteiger partial charge is 0.325 e. The minimum absolute atomic E-state index is 0.0694. The van der Waals surface area contributed by atoms with E-state index in [4.69, 9.17) is 4.52 Å². The highest BCUT2D eigenvalue weighted by molar-refractivity contribution is 6.10. The van der Waals surface area contributed by atoms with Gasteiger partial charge in [-0.2, -0.15) is 0 Å². The minimum Gasteiger partial charge on any atom is -0.361 e. The van der Waals surface area contributed by atoms with Gasteiger partial charge < -0.3 is 14.7 Å². The molecule has 1 spiro atoms. The van der Waals surface area contributed by atoms with Gasteiger partial charge in [0.15, 0.2) is 0 Å². The van der Waals surface area contributed by atoms with E-state index in [2.05, 4.69) is 31.2 Å². The van der Waals surface area contributed by atoms with Crippen LogP contribution in [0.5, 0.6) is 0 Å². The van der Waals surface area contributed by atoms with Crippen LogP contribution in [-0.4, -0.2) is 40.0 Å². The van der Waals surface area contributed by atoms with Gasteiger partial charge in [-0.1, -0.05) is 44.1 Å². The highest BCUT2D eigenvalue weighted by Crippen LogP contribution is 2.46. The third kappa shape index (κ3) is 4.38. The zero-order valence-electron chi connectivity index (χ0n) is 20.0. The number of nitrogens with one attached hydrogen (secondary N) is 1. The van der Waals surface area contributed by atoms with Crippen LogP contribution in [0.3, 0.4) is 0 Å². The summed E-state index contributed by atoms with van der Waals surface area (Å²) in [5, 5.41) is 6.93. The number of imide groups is 1. The second-order valence-corrected chi connectivity index (χ2v) is 10.4. The van der Waals surface area contributed by atoms with Gasteiger partial charge in [-0.05, 0) is 56.6 Å². The number of amides is 4. The maximum absolute atomic E-state index is 13.5. The van der Waals surface area contributed by atoms with Crippen LogP contribution < -0.4 is 10.2 Å². The van der Waals surface area contributed by atoms with Crippen molar-refractivity contribution in [3.8, 4) is 0 Å². The molecule has 33 heavy (non-hydrogen) atoms. The molecule has 4 rings (SSSR count). The van der Waals surface area contributed by atoms with Crippen LogP contribution in [0.15, 0.2) is 34.9 Å². The second kappa shape index (κ2) is 8.32. The summed E-state index contributed by atoms with van der Waals surface area (Å²) in [5.41, 5.74) is 1.19. The summed E-state index contributed by atoms with van der Waals surface area (Å²) >= 11 is 0. The van der Waals surface area contributed by atoms with Crippen molar-refractivity contribution in [3.05, 3.63) is 47.3 Å². The average molecular weight is 453 g/mol. The van der Waals surface area contributed by atoms with E-state index in [0.717, 1.165) is 16.9 Å². The quantitative estimate of drug-likeness (QED) is 0.693. The molecule has 1 aromatic heterocycles. The van der Waals surface area contributed by atoms with Crippen LogP contribution in [0, 0.1) is 25.2 Å². The van der Waals surface area contributed by atoms with E-state index < -0.39 is 11.6 Å². The molecule has 2 atom stereocenters. The van der Waals surface area contributed by atoms with Gasteiger partial charge in [-0.15, -0.1) is 0 Å². The number of benzene rings is 1. The second-order valence-electron chi connectivity index (χ2n) is 10.4. The van der Waals surface area contributed by atoms with Crippen LogP contribution in [0.1, 0.15) is 57.1 Å². The van der Waals surface area contributed by atoms with Crippen LogP contribution in [0.2, 0.25) is 0 Å². The van der Waals surface area contributed by atoms with Crippen molar-refractivity contribution in [2.24, 2.45) is 11.3 Å². The number of nitrogens with zero attached hydrogens (tertiary/aromatic N) is 3. The van der Waals surface area contributed by atoms with Gasteiger partial charge in [-0.3, -0.25) is 14.5 Å². The summed E-state index contributed by atoms with van der Waals surface area (Å²) in [6.07, 6.45) is 2.16. The summed E-state index contributed by atoms with van der Waals surface area (Å²) in [6, 6.07) is 8.72. The molecule has 1 N–H and O–H groups in total. The first-order valence-corrected chi connectivity index (χ1v) is 11.4. The van der Waals surface area contributed by atoms with E-state index in [9.17, 15) is 14.4 Å². The monoisotopic (exact) mass is 452 g/mol. The topological polar surface area (TPSA) is 95.8 Å². The van der Waals surface area contributed by atoms with Crippen molar-refractivity contribution in [1.29, 1.82) is 0 Å². The molecule has 1 saturated carbocycles. The SMILES string of the molecule is Cc1noc(C)c1CN(C(=O)CN1C(=O)N[C@]2(C[C@@H](C)CC(C)(C)C2)C1=O)c1ccccc1. The molecule has 0 bridgehead atoms. The lowest BCUT2D eigenvalue weighted by Crippen LogP contribution is -2.54. The zero-order valence-corrected chi connectivity index (χ0v) is 20.0. The molecule has 1 aromatic carbocycles. The summed E-state index contributed by atoms with van der Waals surface area (Å²) in [7, 11) is 0. The number of carbonyl (C=O) groups excluding carboxylic acids is 3. The van der Waals surface area contributed by atoms with Gasteiger partial charge >= 0.3 is 6.03 Å². The van der Waals surface area contributed by atoms with Gasteiger partial charge in [0.2, 0.25) is 5.91 Å². The summed E-state index contributed by atoms with van der Waals surface area (Å²) < 4.78 is 5.27. The highest BCUT2D eigenvalue weighted by Gasteiger charge is 2.56. The molecule has 176 valence electrons. The number of aromatic nitrogens is 1. The lowest BCUT2D eigenvalue weighted by atomic mass is 9.64. The van der Waals surface area contributed by atoms with E-state index in [0.29, 0.717) is 35.9 Å². The molecule has 8 nitrogen and oxygen atoms in total. The summed E-state index contributed by atoms with van der Waals surface area (Å²) in [6.45, 7) is 9.90. The molecule has 2 aromatic rings. The minimum atomic E-state index is -0.933. The number of carbonyl (C=O) groups is 3. The maximum Gasteiger partial charge on any atom is 0.325 e. The molecule has 2 aliphatic rings. The fraction of sp³-hybridized carbons (Fsp3) is 0.520. The van der Waals surface area contributed by atoms with Gasteiger partial charge in [0.25, 0.3) is 5.91 Å². The number of rotatable bonds is 5. The molecule has 8 heteroatoms. The number of aryl methyl sites for hydroxylation is 2. The first kappa shape index (κ1) is 23.0. The lowest BCUT2D eigenvalue weighted by molar-refractivity contribution is -0.137. The fourth-order valence-electron chi connectivity index (χ4n) is 5.69. The Labute approximate surface area is 194 Å². The largest absolute Gasteiger partial charge is 0.361 e. The predicted molar refractivity (Wildman–Crippen MR) is 123 cm³/mol. The molecule has 0 radical (unpaired) electrons. The number of anilines is 1. The van der Waals surface area contributed by atoms with E-state index in [1.54, 1.807) is 11.8 Å². The number of urea groups is 1. The molecule has 1 aliphatic heterocycles. The number of hydrogen-bond acceptors (Lipinski definition) is 5. The van der Waals surface area contributed by atoms with E-state index in [1.165, 1.54) is 0 Å². The van der Waals surface area contributed by atoms with Crippen LogP contribution in [0.25, 0.3) is 0 Å². The van der Waals surface area contributed by atoms with Gasteiger partial charge in [0.05, 0.1) is 12.2 Å². The van der Waals surface area contributed by atoms with E-state index in [1.807, 2.05) is 37.3 Å². The molecule has 0 unspecified atom stereocenters. The summed E-state index contributed by atoms with van der Waals surface area (Å²) in [5.74, 6) is 0.290. The average Bonchev–Trinajstić information content (AvgIpc) is 3.15. The van der Waals surface area contributed by atoms with Gasteiger partial charge in [0.1, 0.15) is 17.8 Å². The third-order valence-electron chi connectivity index (χ3n) is 6.78. The molecular weight excluding hydrogens is 420 g/mol. The van der Waals surface area contributed by atoms with Crippen LogP contribution in [0.4, 0.5) is 10.5 Å². The predicted octanol–water partition coefficient (Wildman–Crippen LogP) is 3.96. The number of para-hydroxylation sites is 1. The Balaban J connectivity index is 1.59. The molecule has 1 saturated heterocycles. The van der Waals surface area contributed by atoms with E-state index in [-0.39, 0.29) is 30.3 Å².